The third-order valence-corrected chi connectivity index (χ3v) is 4.50. The molecule has 2 aromatic carbocycles. The third kappa shape index (κ3) is 4.49. The van der Waals surface area contributed by atoms with Gasteiger partial charge in [0, 0.05) is 5.69 Å². The van der Waals surface area contributed by atoms with E-state index in [0.717, 1.165) is 17.4 Å². The largest absolute Gasteiger partial charge is 0.484 e. The zero-order valence-electron chi connectivity index (χ0n) is 13.0. The highest BCUT2D eigenvalue weighted by Crippen LogP contribution is 2.26. The molecular formula is C17H14ClF2N3OS. The van der Waals surface area contributed by atoms with Crippen molar-refractivity contribution in [3.05, 3.63) is 65.4 Å². The zero-order chi connectivity index (χ0) is 17.6. The molecule has 8 heteroatoms. The maximum Gasteiger partial charge on any atom is 0.248 e. The molecule has 0 bridgehead atoms. The smallest absolute Gasteiger partial charge is 0.248 e. The van der Waals surface area contributed by atoms with Gasteiger partial charge in [0.2, 0.25) is 6.43 Å². The van der Waals surface area contributed by atoms with Gasteiger partial charge in [-0.25, -0.2) is 8.78 Å². The van der Waals surface area contributed by atoms with Crippen LogP contribution in [0.15, 0.2) is 59.8 Å². The van der Waals surface area contributed by atoms with E-state index in [9.17, 15) is 8.78 Å². The summed E-state index contributed by atoms with van der Waals surface area (Å²) in [4.78, 5) is 0. The van der Waals surface area contributed by atoms with Gasteiger partial charge in [0.25, 0.3) is 0 Å². The third-order valence-electron chi connectivity index (χ3n) is 3.25. The number of halogens is 3. The van der Waals surface area contributed by atoms with E-state index in [-0.39, 0.29) is 12.4 Å². The number of nitrogens with zero attached hydrogens (tertiary/aromatic N) is 3. The van der Waals surface area contributed by atoms with Crippen LogP contribution in [0, 0.1) is 0 Å². The van der Waals surface area contributed by atoms with Gasteiger partial charge in [-0.2, -0.15) is 0 Å². The van der Waals surface area contributed by atoms with E-state index >= 15 is 0 Å². The molecule has 0 saturated heterocycles. The van der Waals surface area contributed by atoms with Crippen LogP contribution in [0.2, 0.25) is 5.02 Å². The number of para-hydroxylation sites is 2. The summed E-state index contributed by atoms with van der Waals surface area (Å²) in [6.45, 7) is 0.112. The molecule has 25 heavy (non-hydrogen) atoms. The molecule has 0 fully saturated rings. The lowest BCUT2D eigenvalue weighted by atomic mass is 10.3. The lowest BCUT2D eigenvalue weighted by molar-refractivity contribution is 0.176. The molecule has 0 aliphatic carbocycles. The fourth-order valence-electron chi connectivity index (χ4n) is 2.17. The van der Waals surface area contributed by atoms with Gasteiger partial charge in [0.05, 0.1) is 10.8 Å². The van der Waals surface area contributed by atoms with Crippen LogP contribution in [-0.4, -0.2) is 26.9 Å². The molecule has 0 aliphatic rings. The summed E-state index contributed by atoms with van der Waals surface area (Å²) >= 11 is 7.04. The monoisotopic (exact) mass is 381 g/mol. The van der Waals surface area contributed by atoms with Crippen molar-refractivity contribution in [3.8, 4) is 11.4 Å². The van der Waals surface area contributed by atoms with Crippen molar-refractivity contribution in [2.24, 2.45) is 0 Å². The first kappa shape index (κ1) is 17.7. The van der Waals surface area contributed by atoms with Crippen LogP contribution in [0.3, 0.4) is 0 Å². The number of aromatic nitrogens is 3. The Kier molecular flexibility index (Phi) is 5.88. The zero-order valence-corrected chi connectivity index (χ0v) is 14.6. The Morgan fingerprint density at radius 3 is 2.48 bits per heavy atom. The molecule has 0 aliphatic heterocycles. The van der Waals surface area contributed by atoms with Crippen LogP contribution in [0.1, 0.15) is 5.82 Å². The Hall–Kier alpha value is -2.12. The van der Waals surface area contributed by atoms with Crippen molar-refractivity contribution in [1.29, 1.82) is 0 Å². The van der Waals surface area contributed by atoms with Crippen LogP contribution in [0.25, 0.3) is 5.69 Å². The van der Waals surface area contributed by atoms with Gasteiger partial charge in [0.1, 0.15) is 12.4 Å². The van der Waals surface area contributed by atoms with Gasteiger partial charge in [0.15, 0.2) is 11.0 Å². The highest BCUT2D eigenvalue weighted by Gasteiger charge is 2.17. The summed E-state index contributed by atoms with van der Waals surface area (Å²) in [6, 6.07) is 16.4. The maximum atomic E-state index is 12.6. The van der Waals surface area contributed by atoms with Gasteiger partial charge in [-0.1, -0.05) is 53.7 Å². The van der Waals surface area contributed by atoms with Gasteiger partial charge >= 0.3 is 0 Å². The van der Waals surface area contributed by atoms with Crippen molar-refractivity contribution in [3.63, 3.8) is 0 Å². The van der Waals surface area contributed by atoms with Crippen LogP contribution < -0.4 is 4.74 Å². The second-order valence-electron chi connectivity index (χ2n) is 4.99. The Balaban J connectivity index is 1.87. The van der Waals surface area contributed by atoms with Gasteiger partial charge < -0.3 is 4.74 Å². The topological polar surface area (TPSA) is 39.9 Å². The molecule has 0 radical (unpaired) electrons. The number of rotatable bonds is 7. The lowest BCUT2D eigenvalue weighted by Crippen LogP contribution is -2.07. The molecule has 0 unspecified atom stereocenters. The van der Waals surface area contributed by atoms with Crippen molar-refractivity contribution in [2.45, 2.75) is 18.2 Å². The van der Waals surface area contributed by atoms with E-state index in [1.54, 1.807) is 22.8 Å². The molecule has 1 heterocycles. The molecule has 0 atom stereocenters. The minimum Gasteiger partial charge on any atom is -0.484 e. The molecule has 0 amide bonds. The van der Waals surface area contributed by atoms with E-state index in [4.69, 9.17) is 16.3 Å². The Morgan fingerprint density at radius 2 is 1.76 bits per heavy atom. The van der Waals surface area contributed by atoms with Crippen molar-refractivity contribution in [2.75, 3.05) is 5.75 Å². The summed E-state index contributed by atoms with van der Waals surface area (Å²) in [5.74, 6) is 0.674. The minimum absolute atomic E-state index is 0.112. The average Bonchev–Trinajstić information content (AvgIpc) is 3.03. The molecule has 1 aromatic heterocycles. The number of ether oxygens (including phenoxy) is 1. The Bertz CT molecular complexity index is 830. The molecule has 0 N–H and O–H groups in total. The number of thioether (sulfide) groups is 1. The summed E-state index contributed by atoms with van der Waals surface area (Å²) in [7, 11) is 0. The van der Waals surface area contributed by atoms with Crippen LogP contribution in [0.4, 0.5) is 8.78 Å². The minimum atomic E-state index is -2.42. The van der Waals surface area contributed by atoms with Crippen molar-refractivity contribution < 1.29 is 13.5 Å². The first-order valence-corrected chi connectivity index (χ1v) is 8.79. The van der Waals surface area contributed by atoms with Crippen LogP contribution in [0.5, 0.6) is 5.75 Å². The van der Waals surface area contributed by atoms with E-state index in [1.165, 1.54) is 0 Å². The maximum absolute atomic E-state index is 12.6. The fraction of sp³-hybridized carbons (Fsp3) is 0.176. The Morgan fingerprint density at radius 1 is 1.04 bits per heavy atom. The SMILES string of the molecule is FC(F)CSc1nnc(COc2ccccc2Cl)n1-c1ccccc1. The summed E-state index contributed by atoms with van der Waals surface area (Å²) in [6.07, 6.45) is -2.42. The van der Waals surface area contributed by atoms with E-state index in [2.05, 4.69) is 10.2 Å². The summed E-state index contributed by atoms with van der Waals surface area (Å²) in [5.41, 5.74) is 0.780. The molecular weight excluding hydrogens is 368 g/mol. The molecule has 3 aromatic rings. The second kappa shape index (κ2) is 8.31. The molecule has 3 rings (SSSR count). The predicted octanol–water partition coefficient (Wildman–Crippen LogP) is 4.86. The second-order valence-corrected chi connectivity index (χ2v) is 6.39. The Labute approximate surface area is 152 Å². The van der Waals surface area contributed by atoms with Crippen LogP contribution >= 0.6 is 23.4 Å². The fourth-order valence-corrected chi connectivity index (χ4v) is 3.07. The molecule has 130 valence electrons. The summed E-state index contributed by atoms with van der Waals surface area (Å²) < 4.78 is 32.5. The number of hydrogen-bond acceptors (Lipinski definition) is 4. The molecule has 4 nitrogen and oxygen atoms in total. The van der Waals surface area contributed by atoms with E-state index in [1.807, 2.05) is 36.4 Å². The first-order chi connectivity index (χ1) is 12.1. The van der Waals surface area contributed by atoms with Crippen LogP contribution in [-0.2, 0) is 6.61 Å². The normalized spacial score (nSPS) is 11.0. The first-order valence-electron chi connectivity index (χ1n) is 7.43. The lowest BCUT2D eigenvalue weighted by Gasteiger charge is -2.11. The average molecular weight is 382 g/mol. The standard InChI is InChI=1S/C17H14ClF2N3OS/c18-13-8-4-5-9-14(13)24-10-16-21-22-17(25-11-15(19)20)23(16)12-6-2-1-3-7-12/h1-9,15H,10-11H2. The predicted molar refractivity (Wildman–Crippen MR) is 93.9 cm³/mol. The molecule has 0 saturated carbocycles. The number of alkyl halides is 2. The van der Waals surface area contributed by atoms with E-state index < -0.39 is 6.43 Å². The highest BCUT2D eigenvalue weighted by atomic mass is 35.5. The summed E-state index contributed by atoms with van der Waals surface area (Å²) in [5, 5.41) is 9.00. The van der Waals surface area contributed by atoms with Gasteiger partial charge in [-0.3, -0.25) is 4.57 Å². The van der Waals surface area contributed by atoms with Gasteiger partial charge in [-0.15, -0.1) is 10.2 Å². The van der Waals surface area contributed by atoms with Gasteiger partial charge in [-0.05, 0) is 24.3 Å². The highest BCUT2D eigenvalue weighted by molar-refractivity contribution is 7.99. The number of hydrogen-bond donors (Lipinski definition) is 0. The van der Waals surface area contributed by atoms with Crippen molar-refractivity contribution >= 4 is 23.4 Å². The quantitative estimate of drug-likeness (QED) is 0.548. The van der Waals surface area contributed by atoms with E-state index in [0.29, 0.717) is 21.8 Å². The number of benzene rings is 2. The van der Waals surface area contributed by atoms with Crippen molar-refractivity contribution in [1.82, 2.24) is 14.8 Å². The molecule has 0 spiro atoms.